The molecule has 1 amide bonds. The topological polar surface area (TPSA) is 20.3 Å². The molecule has 0 aromatic heterocycles. The SMILES string of the molecule is O=C1CC(S)CN1CC1(c2ccccc2)CC1. The van der Waals surface area contributed by atoms with Crippen molar-refractivity contribution in [1.82, 2.24) is 4.90 Å². The first kappa shape index (κ1) is 11.1. The third-order valence-corrected chi connectivity index (χ3v) is 4.27. The molecule has 1 aromatic carbocycles. The summed E-state index contributed by atoms with van der Waals surface area (Å²) in [7, 11) is 0. The van der Waals surface area contributed by atoms with Crippen molar-refractivity contribution in [2.24, 2.45) is 0 Å². The number of benzene rings is 1. The molecule has 1 aliphatic carbocycles. The average Bonchev–Trinajstić information content (AvgIpc) is 3.03. The van der Waals surface area contributed by atoms with E-state index in [2.05, 4.69) is 36.9 Å². The molecule has 17 heavy (non-hydrogen) atoms. The van der Waals surface area contributed by atoms with E-state index in [1.165, 1.54) is 18.4 Å². The molecule has 0 spiro atoms. The zero-order valence-corrected chi connectivity index (χ0v) is 10.7. The van der Waals surface area contributed by atoms with Crippen LogP contribution in [-0.2, 0) is 10.2 Å². The van der Waals surface area contributed by atoms with Gasteiger partial charge in [-0.1, -0.05) is 30.3 Å². The number of thiol groups is 1. The first-order valence-corrected chi connectivity index (χ1v) is 6.73. The number of nitrogens with zero attached hydrogens (tertiary/aromatic N) is 1. The number of carbonyl (C=O) groups is 1. The molecular formula is C14H17NOS. The van der Waals surface area contributed by atoms with Crippen LogP contribution >= 0.6 is 12.6 Å². The Bertz CT molecular complexity index is 427. The molecule has 2 nitrogen and oxygen atoms in total. The highest BCUT2D eigenvalue weighted by Crippen LogP contribution is 2.49. The van der Waals surface area contributed by atoms with E-state index in [4.69, 9.17) is 0 Å². The summed E-state index contributed by atoms with van der Waals surface area (Å²) >= 11 is 4.41. The molecule has 1 aliphatic heterocycles. The molecule has 3 rings (SSSR count). The number of hydrogen-bond donors (Lipinski definition) is 1. The van der Waals surface area contributed by atoms with E-state index in [9.17, 15) is 4.79 Å². The van der Waals surface area contributed by atoms with E-state index in [1.807, 2.05) is 11.0 Å². The Morgan fingerprint density at radius 3 is 2.53 bits per heavy atom. The molecular weight excluding hydrogens is 230 g/mol. The molecule has 2 aliphatic rings. The fourth-order valence-electron chi connectivity index (χ4n) is 2.75. The molecule has 0 N–H and O–H groups in total. The van der Waals surface area contributed by atoms with Crippen LogP contribution in [0.4, 0.5) is 0 Å². The fraction of sp³-hybridized carbons (Fsp3) is 0.500. The van der Waals surface area contributed by atoms with Gasteiger partial charge >= 0.3 is 0 Å². The summed E-state index contributed by atoms with van der Waals surface area (Å²) in [4.78, 5) is 13.8. The Morgan fingerprint density at radius 1 is 1.29 bits per heavy atom. The Kier molecular flexibility index (Phi) is 2.66. The lowest BCUT2D eigenvalue weighted by molar-refractivity contribution is -0.128. The van der Waals surface area contributed by atoms with Crippen molar-refractivity contribution >= 4 is 18.5 Å². The van der Waals surface area contributed by atoms with Gasteiger partial charge in [0.05, 0.1) is 0 Å². The molecule has 1 saturated heterocycles. The van der Waals surface area contributed by atoms with Crippen molar-refractivity contribution in [2.75, 3.05) is 13.1 Å². The maximum atomic E-state index is 11.8. The quantitative estimate of drug-likeness (QED) is 0.812. The van der Waals surface area contributed by atoms with Crippen LogP contribution in [0.25, 0.3) is 0 Å². The minimum Gasteiger partial charge on any atom is -0.341 e. The van der Waals surface area contributed by atoms with Gasteiger partial charge in [0.15, 0.2) is 0 Å². The molecule has 3 heteroatoms. The van der Waals surface area contributed by atoms with Gasteiger partial charge in [-0.2, -0.15) is 12.6 Å². The third-order valence-electron chi connectivity index (χ3n) is 3.93. The molecule has 90 valence electrons. The number of hydrogen-bond acceptors (Lipinski definition) is 2. The monoisotopic (exact) mass is 247 g/mol. The number of amides is 1. The Labute approximate surface area is 107 Å². The second-order valence-electron chi connectivity index (χ2n) is 5.28. The lowest BCUT2D eigenvalue weighted by Gasteiger charge is -2.24. The predicted molar refractivity (Wildman–Crippen MR) is 71.3 cm³/mol. The van der Waals surface area contributed by atoms with E-state index < -0.39 is 0 Å². The van der Waals surface area contributed by atoms with Gasteiger partial charge in [0.1, 0.15) is 0 Å². The molecule has 1 atom stereocenters. The van der Waals surface area contributed by atoms with Crippen molar-refractivity contribution in [1.29, 1.82) is 0 Å². The van der Waals surface area contributed by atoms with Crippen molar-refractivity contribution < 1.29 is 4.79 Å². The van der Waals surface area contributed by atoms with Crippen LogP contribution in [0.3, 0.4) is 0 Å². The van der Waals surface area contributed by atoms with Gasteiger partial charge in [0.25, 0.3) is 0 Å². The minimum atomic E-state index is 0.231. The zero-order valence-electron chi connectivity index (χ0n) is 9.80. The highest BCUT2D eigenvalue weighted by Gasteiger charge is 2.47. The van der Waals surface area contributed by atoms with E-state index in [0.29, 0.717) is 6.42 Å². The summed E-state index contributed by atoms with van der Waals surface area (Å²) in [5.41, 5.74) is 1.63. The lowest BCUT2D eigenvalue weighted by atomic mass is 9.95. The zero-order chi connectivity index (χ0) is 11.9. The van der Waals surface area contributed by atoms with E-state index >= 15 is 0 Å². The highest BCUT2D eigenvalue weighted by molar-refractivity contribution is 7.81. The smallest absolute Gasteiger partial charge is 0.223 e. The third kappa shape index (κ3) is 2.08. The highest BCUT2D eigenvalue weighted by atomic mass is 32.1. The maximum absolute atomic E-state index is 11.8. The van der Waals surface area contributed by atoms with Gasteiger partial charge < -0.3 is 4.90 Å². The molecule has 0 bridgehead atoms. The summed E-state index contributed by atoms with van der Waals surface area (Å²) in [6, 6.07) is 10.6. The van der Waals surface area contributed by atoms with Crippen LogP contribution in [0, 0.1) is 0 Å². The first-order valence-electron chi connectivity index (χ1n) is 6.21. The lowest BCUT2D eigenvalue weighted by Crippen LogP contribution is -2.33. The van der Waals surface area contributed by atoms with E-state index in [-0.39, 0.29) is 16.6 Å². The van der Waals surface area contributed by atoms with Crippen LogP contribution < -0.4 is 0 Å². The standard InChI is InChI=1S/C14H17NOS/c16-13-8-12(17)9-15(13)10-14(6-7-14)11-4-2-1-3-5-11/h1-5,12,17H,6-10H2. The summed E-state index contributed by atoms with van der Waals surface area (Å²) in [6.45, 7) is 1.70. The minimum absolute atomic E-state index is 0.231. The van der Waals surface area contributed by atoms with Crippen molar-refractivity contribution in [3.05, 3.63) is 35.9 Å². The number of likely N-dealkylation sites (tertiary alicyclic amines) is 1. The van der Waals surface area contributed by atoms with Crippen molar-refractivity contribution in [2.45, 2.75) is 29.9 Å². The van der Waals surface area contributed by atoms with Crippen LogP contribution in [0.2, 0.25) is 0 Å². The second kappa shape index (κ2) is 4.05. The van der Waals surface area contributed by atoms with Gasteiger partial charge in [0, 0.05) is 30.2 Å². The largest absolute Gasteiger partial charge is 0.341 e. The molecule has 1 heterocycles. The van der Waals surface area contributed by atoms with Gasteiger partial charge in [-0.15, -0.1) is 0 Å². The van der Waals surface area contributed by atoms with Crippen LogP contribution in [0.5, 0.6) is 0 Å². The fourth-order valence-corrected chi connectivity index (χ4v) is 3.10. The van der Waals surface area contributed by atoms with Crippen LogP contribution in [0.15, 0.2) is 30.3 Å². The van der Waals surface area contributed by atoms with Gasteiger partial charge in [0.2, 0.25) is 5.91 Å². The second-order valence-corrected chi connectivity index (χ2v) is 6.01. The number of rotatable bonds is 3. The molecule has 1 unspecified atom stereocenters. The molecule has 1 saturated carbocycles. The van der Waals surface area contributed by atoms with E-state index in [0.717, 1.165) is 13.1 Å². The summed E-state index contributed by atoms with van der Waals surface area (Å²) in [5.74, 6) is 0.271. The first-order chi connectivity index (χ1) is 8.20. The van der Waals surface area contributed by atoms with Crippen LogP contribution in [-0.4, -0.2) is 29.1 Å². The Hall–Kier alpha value is -0.960. The van der Waals surface area contributed by atoms with Crippen molar-refractivity contribution in [3.8, 4) is 0 Å². The summed E-state index contributed by atoms with van der Waals surface area (Å²) < 4.78 is 0. The Morgan fingerprint density at radius 2 is 2.00 bits per heavy atom. The maximum Gasteiger partial charge on any atom is 0.223 e. The van der Waals surface area contributed by atoms with Crippen molar-refractivity contribution in [3.63, 3.8) is 0 Å². The Balaban J connectivity index is 1.75. The summed E-state index contributed by atoms with van der Waals surface area (Å²) in [5, 5.41) is 0.231. The van der Waals surface area contributed by atoms with Crippen LogP contribution in [0.1, 0.15) is 24.8 Å². The normalized spacial score (nSPS) is 26.3. The molecule has 1 aromatic rings. The van der Waals surface area contributed by atoms with E-state index in [1.54, 1.807) is 0 Å². The summed E-state index contributed by atoms with van der Waals surface area (Å²) in [6.07, 6.45) is 3.02. The average molecular weight is 247 g/mol. The van der Waals surface area contributed by atoms with Gasteiger partial charge in [-0.05, 0) is 18.4 Å². The van der Waals surface area contributed by atoms with Gasteiger partial charge in [-0.25, -0.2) is 0 Å². The molecule has 2 fully saturated rings. The molecule has 0 radical (unpaired) electrons. The number of carbonyl (C=O) groups excluding carboxylic acids is 1. The predicted octanol–water partition coefficient (Wildman–Crippen LogP) is 2.25. The van der Waals surface area contributed by atoms with Gasteiger partial charge in [-0.3, -0.25) is 4.79 Å².